The molecule has 0 unspecified atom stereocenters. The highest BCUT2D eigenvalue weighted by Gasteiger charge is 2.35. The zero-order valence-corrected chi connectivity index (χ0v) is 11.0. The van der Waals surface area contributed by atoms with Gasteiger partial charge >= 0.3 is 0 Å². The van der Waals surface area contributed by atoms with Crippen molar-refractivity contribution in [2.45, 2.75) is 38.9 Å². The molecule has 17 heavy (non-hydrogen) atoms. The summed E-state index contributed by atoms with van der Waals surface area (Å²) in [6.45, 7) is 4.13. The van der Waals surface area contributed by atoms with E-state index in [-0.39, 0.29) is 0 Å². The van der Waals surface area contributed by atoms with Gasteiger partial charge in [-0.05, 0) is 11.6 Å². The zero-order chi connectivity index (χ0) is 12.3. The molecule has 92 valence electrons. The van der Waals surface area contributed by atoms with Crippen LogP contribution in [0.3, 0.4) is 0 Å². The molecular formula is C14H17ClO2. The summed E-state index contributed by atoms with van der Waals surface area (Å²) in [5.74, 6) is 0.387. The third-order valence-electron chi connectivity index (χ3n) is 3.12. The van der Waals surface area contributed by atoms with Gasteiger partial charge < -0.3 is 9.47 Å². The van der Waals surface area contributed by atoms with Crippen molar-refractivity contribution in [3.8, 4) is 0 Å². The van der Waals surface area contributed by atoms with E-state index in [9.17, 15) is 0 Å². The molecule has 2 rings (SSSR count). The minimum Gasteiger partial charge on any atom is -0.456 e. The summed E-state index contributed by atoms with van der Waals surface area (Å²) in [5, 5.41) is 0.766. The van der Waals surface area contributed by atoms with Crippen LogP contribution >= 0.6 is 11.6 Å². The molecule has 0 saturated carbocycles. The van der Waals surface area contributed by atoms with E-state index in [0.717, 1.165) is 29.2 Å². The zero-order valence-electron chi connectivity index (χ0n) is 10.2. The van der Waals surface area contributed by atoms with Crippen LogP contribution in [0.25, 0.3) is 0 Å². The molecule has 0 bridgehead atoms. The van der Waals surface area contributed by atoms with E-state index in [2.05, 4.69) is 13.8 Å². The van der Waals surface area contributed by atoms with E-state index in [1.54, 1.807) is 6.26 Å². The third-order valence-corrected chi connectivity index (χ3v) is 3.49. The quantitative estimate of drug-likeness (QED) is 0.796. The highest BCUT2D eigenvalue weighted by Crippen LogP contribution is 2.33. The number of hydrogen-bond donors (Lipinski definition) is 0. The van der Waals surface area contributed by atoms with Gasteiger partial charge in [-0.25, -0.2) is 0 Å². The maximum atomic E-state index is 6.12. The van der Waals surface area contributed by atoms with E-state index < -0.39 is 5.79 Å². The van der Waals surface area contributed by atoms with Gasteiger partial charge in [0.25, 0.3) is 0 Å². The average molecular weight is 253 g/mol. The second kappa shape index (κ2) is 5.01. The smallest absolute Gasteiger partial charge is 0.249 e. The first-order valence-corrected chi connectivity index (χ1v) is 6.36. The largest absolute Gasteiger partial charge is 0.456 e. The Labute approximate surface area is 107 Å². The number of benzene rings is 1. The first-order valence-electron chi connectivity index (χ1n) is 5.98. The molecule has 2 nitrogen and oxygen atoms in total. The maximum absolute atomic E-state index is 6.12. The van der Waals surface area contributed by atoms with Crippen LogP contribution in [0, 0.1) is 0 Å². The normalized spacial score (nSPS) is 17.2. The SMILES string of the molecule is CCC1(CC)OC=C(Cc2ccccc2Cl)O1. The Bertz CT molecular complexity index is 422. The molecule has 1 aromatic rings. The Kier molecular flexibility index (Phi) is 3.63. The van der Waals surface area contributed by atoms with Gasteiger partial charge in [-0.3, -0.25) is 0 Å². The fourth-order valence-corrected chi connectivity index (χ4v) is 2.13. The summed E-state index contributed by atoms with van der Waals surface area (Å²) >= 11 is 6.12. The van der Waals surface area contributed by atoms with E-state index in [4.69, 9.17) is 21.1 Å². The lowest BCUT2D eigenvalue weighted by Crippen LogP contribution is -2.28. The van der Waals surface area contributed by atoms with Crippen LogP contribution in [0.4, 0.5) is 0 Å². The Morgan fingerprint density at radius 1 is 1.18 bits per heavy atom. The summed E-state index contributed by atoms with van der Waals surface area (Å²) in [5.41, 5.74) is 1.06. The van der Waals surface area contributed by atoms with Gasteiger partial charge in [0.05, 0.1) is 0 Å². The number of rotatable bonds is 4. The number of halogens is 1. The molecule has 3 heteroatoms. The van der Waals surface area contributed by atoms with E-state index in [0.29, 0.717) is 6.42 Å². The summed E-state index contributed by atoms with van der Waals surface area (Å²) in [6, 6.07) is 7.80. The molecule has 0 amide bonds. The highest BCUT2D eigenvalue weighted by molar-refractivity contribution is 6.31. The van der Waals surface area contributed by atoms with E-state index >= 15 is 0 Å². The minimum atomic E-state index is -0.462. The Morgan fingerprint density at radius 3 is 2.47 bits per heavy atom. The minimum absolute atomic E-state index is 0.462. The second-order valence-corrected chi connectivity index (χ2v) is 4.60. The van der Waals surface area contributed by atoms with Crippen molar-refractivity contribution < 1.29 is 9.47 Å². The van der Waals surface area contributed by atoms with E-state index in [1.165, 1.54) is 0 Å². The van der Waals surface area contributed by atoms with Crippen LogP contribution < -0.4 is 0 Å². The summed E-state index contributed by atoms with van der Waals surface area (Å²) < 4.78 is 11.5. The summed E-state index contributed by atoms with van der Waals surface area (Å²) in [6.07, 6.45) is 4.08. The molecule has 0 fully saturated rings. The third kappa shape index (κ3) is 2.58. The lowest BCUT2D eigenvalue weighted by Gasteiger charge is -2.25. The fourth-order valence-electron chi connectivity index (χ4n) is 1.93. The van der Waals surface area contributed by atoms with Crippen LogP contribution in [0.1, 0.15) is 32.3 Å². The van der Waals surface area contributed by atoms with Gasteiger partial charge in [-0.2, -0.15) is 0 Å². The summed E-state index contributed by atoms with van der Waals surface area (Å²) in [4.78, 5) is 0. The number of allylic oxidation sites excluding steroid dienone is 1. The predicted octanol–water partition coefficient (Wildman–Crippen LogP) is 4.29. The van der Waals surface area contributed by atoms with Gasteiger partial charge in [-0.1, -0.05) is 43.6 Å². The first-order chi connectivity index (χ1) is 8.19. The molecule has 0 aliphatic carbocycles. The highest BCUT2D eigenvalue weighted by atomic mass is 35.5. The molecule has 0 saturated heterocycles. The van der Waals surface area contributed by atoms with Crippen molar-refractivity contribution in [2.24, 2.45) is 0 Å². The van der Waals surface area contributed by atoms with Crippen LogP contribution in [-0.2, 0) is 15.9 Å². The number of ether oxygens (including phenoxy) is 2. The van der Waals surface area contributed by atoms with Crippen molar-refractivity contribution in [2.75, 3.05) is 0 Å². The molecule has 0 atom stereocenters. The predicted molar refractivity (Wildman–Crippen MR) is 68.7 cm³/mol. The molecule has 1 heterocycles. The molecule has 1 aliphatic heterocycles. The van der Waals surface area contributed by atoms with Crippen LogP contribution in [-0.4, -0.2) is 5.79 Å². The van der Waals surface area contributed by atoms with Gasteiger partial charge in [0.1, 0.15) is 12.0 Å². The Morgan fingerprint density at radius 2 is 1.88 bits per heavy atom. The lowest BCUT2D eigenvalue weighted by molar-refractivity contribution is -0.152. The molecule has 0 spiro atoms. The molecular weight excluding hydrogens is 236 g/mol. The van der Waals surface area contributed by atoms with E-state index in [1.807, 2.05) is 24.3 Å². The molecule has 1 aliphatic rings. The maximum Gasteiger partial charge on any atom is 0.249 e. The van der Waals surface area contributed by atoms with Crippen molar-refractivity contribution in [3.63, 3.8) is 0 Å². The topological polar surface area (TPSA) is 18.5 Å². The van der Waals surface area contributed by atoms with Crippen molar-refractivity contribution in [1.82, 2.24) is 0 Å². The van der Waals surface area contributed by atoms with Crippen LogP contribution in [0.15, 0.2) is 36.3 Å². The lowest BCUT2D eigenvalue weighted by atomic mass is 10.1. The molecule has 1 aromatic carbocycles. The molecule has 0 aromatic heterocycles. The monoisotopic (exact) mass is 252 g/mol. The number of hydrogen-bond acceptors (Lipinski definition) is 2. The van der Waals surface area contributed by atoms with Crippen molar-refractivity contribution in [3.05, 3.63) is 46.9 Å². The van der Waals surface area contributed by atoms with Crippen LogP contribution in [0.5, 0.6) is 0 Å². The van der Waals surface area contributed by atoms with Gasteiger partial charge in [0, 0.05) is 24.3 Å². The van der Waals surface area contributed by atoms with Gasteiger partial charge in [-0.15, -0.1) is 0 Å². The van der Waals surface area contributed by atoms with Crippen LogP contribution in [0.2, 0.25) is 5.02 Å². The second-order valence-electron chi connectivity index (χ2n) is 4.19. The molecule has 0 radical (unpaired) electrons. The first kappa shape index (κ1) is 12.3. The Hall–Kier alpha value is -1.15. The standard InChI is InChI=1S/C14H17ClO2/c1-3-14(4-2)16-10-12(17-14)9-11-7-5-6-8-13(11)15/h5-8,10H,3-4,9H2,1-2H3. The summed E-state index contributed by atoms with van der Waals surface area (Å²) in [7, 11) is 0. The van der Waals surface area contributed by atoms with Crippen molar-refractivity contribution in [1.29, 1.82) is 0 Å². The fraction of sp³-hybridized carbons (Fsp3) is 0.429. The molecule has 0 N–H and O–H groups in total. The Balaban J connectivity index is 2.06. The van der Waals surface area contributed by atoms with Crippen molar-refractivity contribution >= 4 is 11.6 Å². The van der Waals surface area contributed by atoms with Gasteiger partial charge in [0.15, 0.2) is 0 Å². The van der Waals surface area contributed by atoms with Gasteiger partial charge in [0.2, 0.25) is 5.79 Å². The average Bonchev–Trinajstić information content (AvgIpc) is 2.76.